The van der Waals surface area contributed by atoms with Crippen molar-refractivity contribution in [3.8, 4) is 22.6 Å². The van der Waals surface area contributed by atoms with Crippen LogP contribution >= 0.6 is 11.3 Å². The SMILES string of the molecule is CC1(C)c2cc3cc(N(c4ccccc4)c4ccc5sc6ccccc6c5c4)ccc3cc2-c2cc3oc(-c4ccccc4)nc3cc21. The second kappa shape index (κ2) is 10.1. The van der Waals surface area contributed by atoms with E-state index >= 15 is 0 Å². The van der Waals surface area contributed by atoms with E-state index in [4.69, 9.17) is 9.40 Å². The first-order valence-electron chi connectivity index (χ1n) is 16.4. The summed E-state index contributed by atoms with van der Waals surface area (Å²) in [5.74, 6) is 0.660. The molecule has 0 aliphatic heterocycles. The van der Waals surface area contributed by atoms with Crippen LogP contribution in [0.3, 0.4) is 0 Å². The molecule has 9 aromatic rings. The molecule has 0 N–H and O–H groups in total. The molecular weight excluding hydrogens is 605 g/mol. The zero-order valence-electron chi connectivity index (χ0n) is 26.6. The molecule has 3 nitrogen and oxygen atoms in total. The van der Waals surface area contributed by atoms with Gasteiger partial charge in [-0.2, -0.15) is 0 Å². The molecule has 0 radical (unpaired) electrons. The van der Waals surface area contributed by atoms with Crippen molar-refractivity contribution in [1.82, 2.24) is 4.98 Å². The van der Waals surface area contributed by atoms with Crippen LogP contribution in [0.2, 0.25) is 0 Å². The molecule has 7 aromatic carbocycles. The lowest BCUT2D eigenvalue weighted by Crippen LogP contribution is -2.15. The number of thiophene rings is 1. The maximum absolute atomic E-state index is 6.31. The lowest BCUT2D eigenvalue weighted by Gasteiger charge is -2.26. The summed E-state index contributed by atoms with van der Waals surface area (Å²) in [6, 6.07) is 52.4. The van der Waals surface area contributed by atoms with E-state index in [1.54, 1.807) is 0 Å². The molecule has 48 heavy (non-hydrogen) atoms. The molecule has 0 saturated heterocycles. The fraction of sp³-hybridized carbons (Fsp3) is 0.0682. The second-order valence-corrected chi connectivity index (χ2v) is 14.3. The Morgan fingerprint density at radius 1 is 0.562 bits per heavy atom. The quantitative estimate of drug-likeness (QED) is 0.193. The van der Waals surface area contributed by atoms with Crippen molar-refractivity contribution in [3.63, 3.8) is 0 Å². The van der Waals surface area contributed by atoms with E-state index in [1.165, 1.54) is 53.2 Å². The van der Waals surface area contributed by atoms with Gasteiger partial charge < -0.3 is 9.32 Å². The van der Waals surface area contributed by atoms with Gasteiger partial charge >= 0.3 is 0 Å². The van der Waals surface area contributed by atoms with Gasteiger partial charge in [0.05, 0.1) is 0 Å². The zero-order chi connectivity index (χ0) is 32.0. The molecule has 1 aliphatic rings. The third-order valence-electron chi connectivity index (χ3n) is 10.0. The van der Waals surface area contributed by atoms with Crippen LogP contribution in [0.15, 0.2) is 150 Å². The van der Waals surface area contributed by atoms with Crippen molar-refractivity contribution < 1.29 is 4.42 Å². The monoisotopic (exact) mass is 634 g/mol. The molecule has 2 heterocycles. The van der Waals surface area contributed by atoms with Gasteiger partial charge in [0.15, 0.2) is 5.58 Å². The number of oxazole rings is 1. The lowest BCUT2D eigenvalue weighted by molar-refractivity contribution is 0.619. The number of aromatic nitrogens is 1. The predicted molar refractivity (Wildman–Crippen MR) is 202 cm³/mol. The van der Waals surface area contributed by atoms with E-state index in [2.05, 4.69) is 134 Å². The highest BCUT2D eigenvalue weighted by atomic mass is 32.1. The standard InChI is InChI=1S/C44H30N2OS/c1-44(2)37-23-29-21-31(46(30-13-7-4-8-14-30)32-19-20-42-36(24-32)33-15-9-10-16-41(33)48-42)18-17-28(29)22-34(37)35-25-40-39(26-38(35)44)45-43(47-40)27-11-5-3-6-12-27/h3-26H,1-2H3. The molecule has 0 amide bonds. The van der Waals surface area contributed by atoms with Gasteiger partial charge in [0.1, 0.15) is 5.52 Å². The average Bonchev–Trinajstić information content (AvgIpc) is 3.78. The topological polar surface area (TPSA) is 29.3 Å². The summed E-state index contributed by atoms with van der Waals surface area (Å²) >= 11 is 1.85. The number of benzene rings is 7. The summed E-state index contributed by atoms with van der Waals surface area (Å²) in [5, 5.41) is 5.05. The molecule has 1 aliphatic carbocycles. The second-order valence-electron chi connectivity index (χ2n) is 13.3. The number of fused-ring (bicyclic) bond motifs is 8. The summed E-state index contributed by atoms with van der Waals surface area (Å²) in [4.78, 5) is 7.27. The largest absolute Gasteiger partial charge is 0.436 e. The van der Waals surface area contributed by atoms with Crippen LogP contribution in [0.4, 0.5) is 17.1 Å². The number of rotatable bonds is 4. The maximum Gasteiger partial charge on any atom is 0.227 e. The zero-order valence-corrected chi connectivity index (χ0v) is 27.4. The number of hydrogen-bond acceptors (Lipinski definition) is 4. The Morgan fingerprint density at radius 2 is 1.25 bits per heavy atom. The van der Waals surface area contributed by atoms with Crippen molar-refractivity contribution in [3.05, 3.63) is 157 Å². The van der Waals surface area contributed by atoms with E-state index in [0.29, 0.717) is 5.89 Å². The van der Waals surface area contributed by atoms with Crippen LogP contribution in [0.1, 0.15) is 25.0 Å². The van der Waals surface area contributed by atoms with Crippen molar-refractivity contribution in [2.24, 2.45) is 0 Å². The van der Waals surface area contributed by atoms with Gasteiger partial charge in [0, 0.05) is 48.2 Å². The molecule has 10 rings (SSSR count). The minimum absolute atomic E-state index is 0.181. The van der Waals surface area contributed by atoms with E-state index in [-0.39, 0.29) is 5.41 Å². The minimum atomic E-state index is -0.181. The summed E-state index contributed by atoms with van der Waals surface area (Å²) in [5.41, 5.74) is 11.1. The van der Waals surface area contributed by atoms with Gasteiger partial charge in [0.25, 0.3) is 0 Å². The fourth-order valence-electron chi connectivity index (χ4n) is 7.60. The summed E-state index contributed by atoms with van der Waals surface area (Å²) < 4.78 is 8.93. The van der Waals surface area contributed by atoms with Gasteiger partial charge in [0.2, 0.25) is 5.89 Å². The van der Waals surface area contributed by atoms with Crippen LogP contribution < -0.4 is 4.90 Å². The minimum Gasteiger partial charge on any atom is -0.436 e. The third kappa shape index (κ3) is 4.09. The van der Waals surface area contributed by atoms with Crippen molar-refractivity contribution in [1.29, 1.82) is 0 Å². The summed E-state index contributed by atoms with van der Waals surface area (Å²) in [7, 11) is 0. The van der Waals surface area contributed by atoms with Crippen LogP contribution in [0.5, 0.6) is 0 Å². The highest BCUT2D eigenvalue weighted by Crippen LogP contribution is 2.52. The Hall–Kier alpha value is -5.71. The average molecular weight is 635 g/mol. The predicted octanol–water partition coefficient (Wildman–Crippen LogP) is 12.8. The molecular formula is C44H30N2OS. The van der Waals surface area contributed by atoms with Crippen LogP contribution in [0, 0.1) is 0 Å². The number of anilines is 3. The van der Waals surface area contributed by atoms with Gasteiger partial charge in [-0.3, -0.25) is 0 Å². The van der Waals surface area contributed by atoms with Crippen molar-refractivity contribution in [2.45, 2.75) is 19.3 Å². The van der Waals surface area contributed by atoms with Crippen LogP contribution in [-0.2, 0) is 5.41 Å². The molecule has 4 heteroatoms. The van der Waals surface area contributed by atoms with E-state index in [1.807, 2.05) is 41.7 Å². The molecule has 0 saturated carbocycles. The Morgan fingerprint density at radius 3 is 2.10 bits per heavy atom. The van der Waals surface area contributed by atoms with Crippen LogP contribution in [0.25, 0.3) is 64.6 Å². The highest BCUT2D eigenvalue weighted by Gasteiger charge is 2.37. The summed E-state index contributed by atoms with van der Waals surface area (Å²) in [6.07, 6.45) is 0. The molecule has 0 spiro atoms. The molecule has 0 unspecified atom stereocenters. The van der Waals surface area contributed by atoms with Crippen molar-refractivity contribution in [2.75, 3.05) is 4.90 Å². The van der Waals surface area contributed by atoms with Crippen LogP contribution in [-0.4, -0.2) is 4.98 Å². The number of nitrogens with zero attached hydrogens (tertiary/aromatic N) is 2. The first-order valence-corrected chi connectivity index (χ1v) is 17.2. The summed E-state index contributed by atoms with van der Waals surface area (Å²) in [6.45, 7) is 4.65. The number of para-hydroxylation sites is 1. The van der Waals surface area contributed by atoms with Gasteiger partial charge in [-0.15, -0.1) is 11.3 Å². The molecule has 0 bridgehead atoms. The Kier molecular flexibility index (Phi) is 5.79. The first-order chi connectivity index (χ1) is 23.5. The van der Waals surface area contributed by atoms with Gasteiger partial charge in [-0.05, 0) is 118 Å². The molecule has 228 valence electrons. The third-order valence-corrected chi connectivity index (χ3v) is 11.2. The molecule has 0 fully saturated rings. The van der Waals surface area contributed by atoms with Gasteiger partial charge in [-0.1, -0.05) is 74.5 Å². The smallest absolute Gasteiger partial charge is 0.227 e. The van der Waals surface area contributed by atoms with E-state index in [0.717, 1.165) is 33.7 Å². The van der Waals surface area contributed by atoms with Gasteiger partial charge in [-0.25, -0.2) is 4.98 Å². The van der Waals surface area contributed by atoms with E-state index in [9.17, 15) is 0 Å². The lowest BCUT2D eigenvalue weighted by atomic mass is 9.82. The maximum atomic E-state index is 6.31. The highest BCUT2D eigenvalue weighted by molar-refractivity contribution is 7.25. The van der Waals surface area contributed by atoms with E-state index < -0.39 is 0 Å². The molecule has 2 aromatic heterocycles. The Balaban J connectivity index is 1.11. The number of hydrogen-bond donors (Lipinski definition) is 0. The first kappa shape index (κ1) is 27.4. The normalized spacial score (nSPS) is 13.4. The Labute approximate surface area is 282 Å². The fourth-order valence-corrected chi connectivity index (χ4v) is 8.69. The van der Waals surface area contributed by atoms with Crippen molar-refractivity contribution >= 4 is 70.4 Å². The Bertz CT molecular complexity index is 2700. The molecule has 0 atom stereocenters.